The number of carbonyl (C=O) groups is 1. The molecule has 6 nitrogen and oxygen atoms in total. The Morgan fingerprint density at radius 1 is 1.69 bits per heavy atom. The number of ether oxygens (including phenoxy) is 1. The minimum absolute atomic E-state index is 0.329. The van der Waals surface area contributed by atoms with Gasteiger partial charge in [0.25, 0.3) is 0 Å². The minimum atomic E-state index is -0.750. The molecular weight excluding hydrogens is 210 g/mol. The summed E-state index contributed by atoms with van der Waals surface area (Å²) in [5, 5.41) is 13.2. The van der Waals surface area contributed by atoms with Crippen LogP contribution in [-0.2, 0) is 28.9 Å². The number of nitrogens with zero attached hydrogens (tertiary/aromatic N) is 3. The number of aryl methyl sites for hydroxylation is 1. The summed E-state index contributed by atoms with van der Waals surface area (Å²) in [7, 11) is 1.64. The topological polar surface area (TPSA) is 77.2 Å². The van der Waals surface area contributed by atoms with E-state index in [1.807, 2.05) is 0 Å². The third-order valence-electron chi connectivity index (χ3n) is 2.78. The van der Waals surface area contributed by atoms with E-state index in [2.05, 4.69) is 10.1 Å². The molecule has 2 heterocycles. The highest BCUT2D eigenvalue weighted by molar-refractivity contribution is 5.70. The first kappa shape index (κ1) is 11.1. The lowest BCUT2D eigenvalue weighted by atomic mass is 10.0. The van der Waals surface area contributed by atoms with Gasteiger partial charge in [-0.25, -0.2) is 9.67 Å². The average molecular weight is 225 g/mol. The summed E-state index contributed by atoms with van der Waals surface area (Å²) in [5.74, 6) is 0.551. The summed E-state index contributed by atoms with van der Waals surface area (Å²) in [4.78, 5) is 15.2. The van der Waals surface area contributed by atoms with Crippen molar-refractivity contribution in [1.82, 2.24) is 14.8 Å². The zero-order chi connectivity index (χ0) is 11.5. The molecule has 0 spiro atoms. The SMILES string of the molecule is COCCc1nc2n(n1)CC(C(=O)O)CC2. The van der Waals surface area contributed by atoms with Crippen LogP contribution in [0.25, 0.3) is 0 Å². The molecule has 0 bridgehead atoms. The second-order valence-corrected chi connectivity index (χ2v) is 3.94. The Morgan fingerprint density at radius 2 is 2.50 bits per heavy atom. The minimum Gasteiger partial charge on any atom is -0.481 e. The Morgan fingerprint density at radius 3 is 3.19 bits per heavy atom. The first-order valence-corrected chi connectivity index (χ1v) is 5.35. The van der Waals surface area contributed by atoms with E-state index in [1.165, 1.54) is 0 Å². The van der Waals surface area contributed by atoms with Crippen molar-refractivity contribution in [2.75, 3.05) is 13.7 Å². The first-order chi connectivity index (χ1) is 7.70. The van der Waals surface area contributed by atoms with Gasteiger partial charge in [-0.05, 0) is 6.42 Å². The first-order valence-electron chi connectivity index (χ1n) is 5.35. The quantitative estimate of drug-likeness (QED) is 0.787. The van der Waals surface area contributed by atoms with Gasteiger partial charge in [0.2, 0.25) is 0 Å². The third kappa shape index (κ3) is 2.21. The van der Waals surface area contributed by atoms with Crippen LogP contribution in [0, 0.1) is 5.92 Å². The van der Waals surface area contributed by atoms with Crippen molar-refractivity contribution in [2.45, 2.75) is 25.8 Å². The molecule has 0 amide bonds. The summed E-state index contributed by atoms with van der Waals surface area (Å²) in [6.45, 7) is 1.02. The zero-order valence-electron chi connectivity index (χ0n) is 9.22. The normalized spacial score (nSPS) is 19.4. The molecule has 1 aliphatic heterocycles. The average Bonchev–Trinajstić information content (AvgIpc) is 2.67. The Bertz CT molecular complexity index is 389. The number of aliphatic carboxylic acids is 1. The van der Waals surface area contributed by atoms with Gasteiger partial charge < -0.3 is 9.84 Å². The predicted molar refractivity (Wildman–Crippen MR) is 55.0 cm³/mol. The van der Waals surface area contributed by atoms with Crippen molar-refractivity contribution in [3.05, 3.63) is 11.6 Å². The number of methoxy groups -OCH3 is 1. The third-order valence-corrected chi connectivity index (χ3v) is 2.78. The fourth-order valence-electron chi connectivity index (χ4n) is 1.86. The van der Waals surface area contributed by atoms with Gasteiger partial charge in [0.05, 0.1) is 19.1 Å². The molecule has 1 aromatic heterocycles. The number of carboxylic acid groups (broad SMARTS) is 1. The summed E-state index contributed by atoms with van der Waals surface area (Å²) < 4.78 is 6.67. The van der Waals surface area contributed by atoms with E-state index in [0.29, 0.717) is 32.4 Å². The molecule has 0 aliphatic carbocycles. The smallest absolute Gasteiger partial charge is 0.308 e. The molecule has 0 aromatic carbocycles. The van der Waals surface area contributed by atoms with E-state index in [4.69, 9.17) is 9.84 Å². The van der Waals surface area contributed by atoms with E-state index < -0.39 is 5.97 Å². The van der Waals surface area contributed by atoms with Crippen LogP contribution in [0.3, 0.4) is 0 Å². The van der Waals surface area contributed by atoms with Crippen LogP contribution in [0.2, 0.25) is 0 Å². The van der Waals surface area contributed by atoms with Gasteiger partial charge >= 0.3 is 5.97 Å². The second kappa shape index (κ2) is 4.61. The Kier molecular flexibility index (Phi) is 3.19. The van der Waals surface area contributed by atoms with Crippen molar-refractivity contribution >= 4 is 5.97 Å². The van der Waals surface area contributed by atoms with Gasteiger partial charge in [-0.3, -0.25) is 4.79 Å². The molecule has 1 atom stereocenters. The number of carboxylic acids is 1. The van der Waals surface area contributed by atoms with Crippen molar-refractivity contribution in [2.24, 2.45) is 5.92 Å². The number of aromatic nitrogens is 3. The lowest BCUT2D eigenvalue weighted by Crippen LogP contribution is -2.27. The van der Waals surface area contributed by atoms with Crippen LogP contribution in [0.1, 0.15) is 18.1 Å². The van der Waals surface area contributed by atoms with Crippen molar-refractivity contribution in [3.63, 3.8) is 0 Å². The highest BCUT2D eigenvalue weighted by Crippen LogP contribution is 2.18. The molecule has 2 rings (SSSR count). The van der Waals surface area contributed by atoms with Crippen molar-refractivity contribution < 1.29 is 14.6 Å². The Hall–Kier alpha value is -1.43. The molecule has 88 valence electrons. The van der Waals surface area contributed by atoms with E-state index in [-0.39, 0.29) is 5.92 Å². The standard InChI is InChI=1S/C10H15N3O3/c1-16-5-4-8-11-9-3-2-7(10(14)15)6-13(9)12-8/h7H,2-6H2,1H3,(H,14,15). The summed E-state index contributed by atoms with van der Waals surface area (Å²) in [5.41, 5.74) is 0. The van der Waals surface area contributed by atoms with Crippen LogP contribution in [0.5, 0.6) is 0 Å². The summed E-state index contributed by atoms with van der Waals surface area (Å²) in [6, 6.07) is 0. The predicted octanol–water partition coefficient (Wildman–Crippen LogP) is 0.114. The molecule has 1 unspecified atom stereocenters. The van der Waals surface area contributed by atoms with Gasteiger partial charge in [-0.15, -0.1) is 0 Å². The van der Waals surface area contributed by atoms with Crippen LogP contribution >= 0.6 is 0 Å². The van der Waals surface area contributed by atoms with Crippen molar-refractivity contribution in [1.29, 1.82) is 0 Å². The maximum absolute atomic E-state index is 10.9. The molecule has 0 saturated carbocycles. The summed E-state index contributed by atoms with van der Waals surface area (Å²) >= 11 is 0. The van der Waals surface area contributed by atoms with Crippen LogP contribution in [0.4, 0.5) is 0 Å². The van der Waals surface area contributed by atoms with E-state index in [9.17, 15) is 4.79 Å². The van der Waals surface area contributed by atoms with Crippen molar-refractivity contribution in [3.8, 4) is 0 Å². The van der Waals surface area contributed by atoms with Gasteiger partial charge in [-0.2, -0.15) is 5.10 Å². The van der Waals surface area contributed by atoms with Crippen LogP contribution < -0.4 is 0 Å². The van der Waals surface area contributed by atoms with Gasteiger partial charge in [0.1, 0.15) is 5.82 Å². The highest BCUT2D eigenvalue weighted by atomic mass is 16.5. The molecule has 1 aliphatic rings. The number of rotatable bonds is 4. The molecule has 0 fully saturated rings. The number of hydrogen-bond donors (Lipinski definition) is 1. The monoisotopic (exact) mass is 225 g/mol. The molecular formula is C10H15N3O3. The second-order valence-electron chi connectivity index (χ2n) is 3.94. The van der Waals surface area contributed by atoms with E-state index >= 15 is 0 Å². The largest absolute Gasteiger partial charge is 0.481 e. The maximum Gasteiger partial charge on any atom is 0.308 e. The fraction of sp³-hybridized carbons (Fsp3) is 0.700. The van der Waals surface area contributed by atoms with E-state index in [0.717, 1.165) is 11.6 Å². The molecule has 1 N–H and O–H groups in total. The Labute approximate surface area is 93.2 Å². The molecule has 1 aromatic rings. The van der Waals surface area contributed by atoms with Crippen LogP contribution in [0.15, 0.2) is 0 Å². The Balaban J connectivity index is 2.07. The zero-order valence-corrected chi connectivity index (χ0v) is 9.22. The van der Waals surface area contributed by atoms with Crippen LogP contribution in [-0.4, -0.2) is 39.6 Å². The highest BCUT2D eigenvalue weighted by Gasteiger charge is 2.26. The number of hydrogen-bond acceptors (Lipinski definition) is 4. The lowest BCUT2D eigenvalue weighted by Gasteiger charge is -2.18. The molecule has 6 heteroatoms. The van der Waals surface area contributed by atoms with Gasteiger partial charge in [0.15, 0.2) is 5.82 Å². The number of fused-ring (bicyclic) bond motifs is 1. The molecule has 16 heavy (non-hydrogen) atoms. The molecule has 0 radical (unpaired) electrons. The lowest BCUT2D eigenvalue weighted by molar-refractivity contribution is -0.142. The van der Waals surface area contributed by atoms with Gasteiger partial charge in [-0.1, -0.05) is 0 Å². The molecule has 0 saturated heterocycles. The summed E-state index contributed by atoms with van der Waals surface area (Å²) in [6.07, 6.45) is 2.02. The fourth-order valence-corrected chi connectivity index (χ4v) is 1.86. The van der Waals surface area contributed by atoms with E-state index in [1.54, 1.807) is 11.8 Å². The van der Waals surface area contributed by atoms with Gasteiger partial charge in [0, 0.05) is 20.0 Å². The maximum atomic E-state index is 10.9.